The van der Waals surface area contributed by atoms with Crippen LogP contribution in [0.4, 0.5) is 5.69 Å². The first-order chi connectivity index (χ1) is 13.9. The molecule has 0 unspecified atom stereocenters. The van der Waals surface area contributed by atoms with E-state index in [1.165, 1.54) is 5.56 Å². The van der Waals surface area contributed by atoms with E-state index in [9.17, 15) is 4.79 Å². The third kappa shape index (κ3) is 5.97. The maximum Gasteiger partial charge on any atom is 0.265 e. The molecule has 1 saturated heterocycles. The molecule has 156 valence electrons. The number of amides is 1. The van der Waals surface area contributed by atoms with Gasteiger partial charge >= 0.3 is 0 Å². The zero-order valence-corrected chi connectivity index (χ0v) is 17.9. The van der Waals surface area contributed by atoms with E-state index in [-0.39, 0.29) is 12.0 Å². The number of aryl methyl sites for hydroxylation is 2. The number of nitrogens with one attached hydrogen (secondary N) is 1. The monoisotopic (exact) mass is 396 g/mol. The summed E-state index contributed by atoms with van der Waals surface area (Å²) in [5, 5.41) is 2.95. The molecule has 0 saturated carbocycles. The minimum Gasteiger partial charge on any atom is -0.490 e. The zero-order chi connectivity index (χ0) is 20.8. The maximum absolute atomic E-state index is 12.7. The summed E-state index contributed by atoms with van der Waals surface area (Å²) in [6.45, 7) is 8.18. The van der Waals surface area contributed by atoms with Crippen LogP contribution in [-0.2, 0) is 4.79 Å². The number of carbonyl (C=O) groups excluding carboxylic acids is 1. The van der Waals surface area contributed by atoms with Crippen molar-refractivity contribution in [2.75, 3.05) is 25.5 Å². The highest BCUT2D eigenvalue weighted by Gasteiger charge is 2.20. The summed E-state index contributed by atoms with van der Waals surface area (Å²) in [4.78, 5) is 15.0. The molecule has 0 bridgehead atoms. The first-order valence-corrected chi connectivity index (χ1v) is 10.4. The molecule has 29 heavy (non-hydrogen) atoms. The molecule has 5 nitrogen and oxygen atoms in total. The van der Waals surface area contributed by atoms with E-state index in [1.54, 1.807) is 0 Å². The summed E-state index contributed by atoms with van der Waals surface area (Å²) in [7, 11) is 2.14. The molecule has 1 atom stereocenters. The van der Waals surface area contributed by atoms with Gasteiger partial charge in [0.2, 0.25) is 0 Å². The van der Waals surface area contributed by atoms with Gasteiger partial charge in [-0.25, -0.2) is 0 Å². The van der Waals surface area contributed by atoms with Gasteiger partial charge in [0.15, 0.2) is 6.10 Å². The van der Waals surface area contributed by atoms with Crippen molar-refractivity contribution in [2.45, 2.75) is 52.2 Å². The number of hydrogen-bond donors (Lipinski definition) is 1. The summed E-state index contributed by atoms with van der Waals surface area (Å²) in [6, 6.07) is 13.5. The van der Waals surface area contributed by atoms with Gasteiger partial charge in [0.25, 0.3) is 5.91 Å². The smallest absolute Gasteiger partial charge is 0.265 e. The summed E-state index contributed by atoms with van der Waals surface area (Å²) in [6.07, 6.45) is 2.41. The molecule has 0 aliphatic carbocycles. The highest BCUT2D eigenvalue weighted by atomic mass is 16.5. The average molecular weight is 397 g/mol. The summed E-state index contributed by atoms with van der Waals surface area (Å²) in [5.41, 5.74) is 3.10. The number of carbonyl (C=O) groups is 1. The first-order valence-electron chi connectivity index (χ1n) is 10.4. The largest absolute Gasteiger partial charge is 0.490 e. The molecule has 0 spiro atoms. The van der Waals surface area contributed by atoms with Crippen LogP contribution in [0.15, 0.2) is 42.5 Å². The van der Waals surface area contributed by atoms with Crippen molar-refractivity contribution in [3.63, 3.8) is 0 Å². The van der Waals surface area contributed by atoms with E-state index in [1.807, 2.05) is 56.3 Å². The lowest BCUT2D eigenvalue weighted by atomic mass is 10.1. The van der Waals surface area contributed by atoms with Crippen LogP contribution in [-0.4, -0.2) is 43.2 Å². The Labute approximate surface area is 174 Å². The number of hydrogen-bond acceptors (Lipinski definition) is 4. The standard InChI is InChI=1S/C24H32N2O3/c1-5-23(29-22-9-6-17(2)18(3)16-22)24(27)25-19-7-10-20(11-8-19)28-21-12-14-26(4)15-13-21/h6-11,16,21,23H,5,12-15H2,1-4H3,(H,25,27)/t23-/m0/s1. The van der Waals surface area contributed by atoms with Crippen molar-refractivity contribution in [3.8, 4) is 11.5 Å². The number of benzene rings is 2. The van der Waals surface area contributed by atoms with Crippen molar-refractivity contribution in [1.29, 1.82) is 0 Å². The molecule has 1 aliphatic rings. The fourth-order valence-electron chi connectivity index (χ4n) is 3.41. The van der Waals surface area contributed by atoms with Gasteiger partial charge in [-0.1, -0.05) is 13.0 Å². The van der Waals surface area contributed by atoms with Gasteiger partial charge in [0.1, 0.15) is 17.6 Å². The molecule has 0 radical (unpaired) electrons. The van der Waals surface area contributed by atoms with Gasteiger partial charge in [-0.15, -0.1) is 0 Å². The zero-order valence-electron chi connectivity index (χ0n) is 17.9. The second-order valence-corrected chi connectivity index (χ2v) is 7.89. The number of rotatable bonds is 7. The molecule has 1 heterocycles. The van der Waals surface area contributed by atoms with E-state index < -0.39 is 6.10 Å². The summed E-state index contributed by atoms with van der Waals surface area (Å²) in [5.74, 6) is 1.42. The minimum absolute atomic E-state index is 0.144. The topological polar surface area (TPSA) is 50.8 Å². The van der Waals surface area contributed by atoms with E-state index in [4.69, 9.17) is 9.47 Å². The summed E-state index contributed by atoms with van der Waals surface area (Å²) >= 11 is 0. The Bertz CT molecular complexity index is 811. The first kappa shape index (κ1) is 21.2. The van der Waals surface area contributed by atoms with Crippen molar-refractivity contribution in [2.24, 2.45) is 0 Å². The van der Waals surface area contributed by atoms with Gasteiger partial charge in [0, 0.05) is 18.8 Å². The number of ether oxygens (including phenoxy) is 2. The van der Waals surface area contributed by atoms with Crippen molar-refractivity contribution in [1.82, 2.24) is 4.90 Å². The van der Waals surface area contributed by atoms with Crippen molar-refractivity contribution in [3.05, 3.63) is 53.6 Å². The van der Waals surface area contributed by atoms with Crippen LogP contribution in [0.5, 0.6) is 11.5 Å². The molecule has 2 aromatic carbocycles. The Balaban J connectivity index is 1.55. The Morgan fingerprint density at radius 3 is 2.34 bits per heavy atom. The molecular formula is C24H32N2O3. The second kappa shape index (κ2) is 9.79. The van der Waals surface area contributed by atoms with Gasteiger partial charge in [0.05, 0.1) is 0 Å². The van der Waals surface area contributed by atoms with Gasteiger partial charge in [-0.2, -0.15) is 0 Å². The predicted molar refractivity (Wildman–Crippen MR) is 117 cm³/mol. The van der Waals surface area contributed by atoms with Crippen molar-refractivity contribution < 1.29 is 14.3 Å². The molecule has 5 heteroatoms. The molecule has 1 aliphatic heterocycles. The number of anilines is 1. The van der Waals surface area contributed by atoms with Crippen molar-refractivity contribution >= 4 is 11.6 Å². The lowest BCUT2D eigenvalue weighted by Gasteiger charge is -2.29. The number of piperidine rings is 1. The second-order valence-electron chi connectivity index (χ2n) is 7.89. The average Bonchev–Trinajstić information content (AvgIpc) is 2.72. The molecular weight excluding hydrogens is 364 g/mol. The molecule has 1 amide bonds. The van der Waals surface area contributed by atoms with Crippen LogP contribution in [0, 0.1) is 13.8 Å². The minimum atomic E-state index is -0.535. The van der Waals surface area contributed by atoms with Gasteiger partial charge < -0.3 is 19.7 Å². The molecule has 1 fully saturated rings. The molecule has 2 aromatic rings. The lowest BCUT2D eigenvalue weighted by Crippen LogP contribution is -2.35. The van der Waals surface area contributed by atoms with Crippen LogP contribution in [0.2, 0.25) is 0 Å². The third-order valence-corrected chi connectivity index (χ3v) is 5.51. The van der Waals surface area contributed by atoms with Crippen LogP contribution >= 0.6 is 0 Å². The Morgan fingerprint density at radius 2 is 1.72 bits per heavy atom. The van der Waals surface area contributed by atoms with E-state index in [2.05, 4.69) is 24.2 Å². The number of nitrogens with zero attached hydrogens (tertiary/aromatic N) is 1. The van der Waals surface area contributed by atoms with E-state index in [0.717, 1.165) is 48.7 Å². The van der Waals surface area contributed by atoms with Crippen LogP contribution in [0.25, 0.3) is 0 Å². The fraction of sp³-hybridized carbons (Fsp3) is 0.458. The molecule has 1 N–H and O–H groups in total. The quantitative estimate of drug-likeness (QED) is 0.745. The Kier molecular flexibility index (Phi) is 7.15. The predicted octanol–water partition coefficient (Wildman–Crippen LogP) is 4.57. The summed E-state index contributed by atoms with van der Waals surface area (Å²) < 4.78 is 12.0. The highest BCUT2D eigenvalue weighted by Crippen LogP contribution is 2.22. The van der Waals surface area contributed by atoms with Crippen LogP contribution in [0.3, 0.4) is 0 Å². The Morgan fingerprint density at radius 1 is 1.07 bits per heavy atom. The maximum atomic E-state index is 12.7. The highest BCUT2D eigenvalue weighted by molar-refractivity contribution is 5.94. The third-order valence-electron chi connectivity index (χ3n) is 5.51. The normalized spacial score (nSPS) is 16.3. The lowest BCUT2D eigenvalue weighted by molar-refractivity contribution is -0.122. The van der Waals surface area contributed by atoms with Crippen LogP contribution < -0.4 is 14.8 Å². The molecule has 0 aromatic heterocycles. The number of likely N-dealkylation sites (tertiary alicyclic amines) is 1. The van der Waals surface area contributed by atoms with E-state index >= 15 is 0 Å². The van der Waals surface area contributed by atoms with Crippen LogP contribution in [0.1, 0.15) is 37.3 Å². The fourth-order valence-corrected chi connectivity index (χ4v) is 3.41. The van der Waals surface area contributed by atoms with Gasteiger partial charge in [-0.05, 0) is 87.7 Å². The molecule has 3 rings (SSSR count). The van der Waals surface area contributed by atoms with E-state index in [0.29, 0.717) is 6.42 Å². The van der Waals surface area contributed by atoms with Gasteiger partial charge in [-0.3, -0.25) is 4.79 Å². The Hall–Kier alpha value is -2.53. The SMILES string of the molecule is CC[C@H](Oc1ccc(C)c(C)c1)C(=O)Nc1ccc(OC2CCN(C)CC2)cc1.